The Balaban J connectivity index is 2.32. The lowest BCUT2D eigenvalue weighted by atomic mass is 10.0. The molecule has 0 fully saturated rings. The quantitative estimate of drug-likeness (QED) is 0.797. The van der Waals surface area contributed by atoms with Crippen LogP contribution in [0.1, 0.15) is 5.56 Å². The summed E-state index contributed by atoms with van der Waals surface area (Å²) in [7, 11) is 1.69. The van der Waals surface area contributed by atoms with E-state index in [1.165, 1.54) is 11.8 Å². The Bertz CT molecular complexity index is 587. The maximum Gasteiger partial charge on any atom is 0.126 e. The van der Waals surface area contributed by atoms with E-state index in [9.17, 15) is 0 Å². The topological polar surface area (TPSA) is 33.1 Å². The summed E-state index contributed by atoms with van der Waals surface area (Å²) in [4.78, 5) is 0. The van der Waals surface area contributed by atoms with Crippen molar-refractivity contribution >= 4 is 6.21 Å². The van der Waals surface area contributed by atoms with Crippen LogP contribution in [0.2, 0.25) is 0 Å². The molecule has 0 spiro atoms. The first-order valence-corrected chi connectivity index (χ1v) is 6.23. The van der Waals surface area contributed by atoms with E-state index in [-0.39, 0.29) is 0 Å². The second kappa shape index (κ2) is 6.55. The van der Waals surface area contributed by atoms with Crippen LogP contribution < -0.4 is 4.74 Å². The number of nitrogens with one attached hydrogen (secondary N) is 1. The van der Waals surface area contributed by atoms with Gasteiger partial charge >= 0.3 is 0 Å². The van der Waals surface area contributed by atoms with Crippen molar-refractivity contribution < 1.29 is 4.74 Å². The lowest BCUT2D eigenvalue weighted by molar-refractivity contribution is 0.416. The number of hydrogen-bond donors (Lipinski definition) is 1. The molecule has 0 aliphatic carbocycles. The molecule has 96 valence electrons. The lowest BCUT2D eigenvalue weighted by Gasteiger charge is -2.09. The number of ether oxygens (including phenoxy) is 1. The van der Waals surface area contributed by atoms with Crippen LogP contribution in [0.3, 0.4) is 0 Å². The molecule has 0 bridgehead atoms. The van der Waals surface area contributed by atoms with Crippen LogP contribution in [-0.2, 0) is 6.42 Å². The van der Waals surface area contributed by atoms with Crippen molar-refractivity contribution in [2.45, 2.75) is 6.42 Å². The van der Waals surface area contributed by atoms with Gasteiger partial charge < -0.3 is 10.1 Å². The summed E-state index contributed by atoms with van der Waals surface area (Å²) in [5.74, 6) is 0.884. The van der Waals surface area contributed by atoms with Gasteiger partial charge in [-0.15, -0.1) is 0 Å². The highest BCUT2D eigenvalue weighted by Crippen LogP contribution is 2.29. The Morgan fingerprint density at radius 3 is 2.74 bits per heavy atom. The minimum atomic E-state index is 0.832. The fraction of sp³-hybridized carbons (Fsp3) is 0.118. The SMILES string of the molecule is COc1ccccc1-c1cccc(C/C=C\C=N)c1. The molecule has 2 rings (SSSR count). The Kier molecular flexibility index (Phi) is 4.51. The molecule has 0 saturated heterocycles. The molecule has 2 nitrogen and oxygen atoms in total. The summed E-state index contributed by atoms with van der Waals surface area (Å²) >= 11 is 0. The Morgan fingerprint density at radius 1 is 1.11 bits per heavy atom. The summed E-state index contributed by atoms with van der Waals surface area (Å²) in [5, 5.41) is 6.97. The molecule has 0 aliphatic rings. The zero-order chi connectivity index (χ0) is 13.5. The molecule has 0 heterocycles. The van der Waals surface area contributed by atoms with Crippen molar-refractivity contribution in [3.8, 4) is 16.9 Å². The zero-order valence-corrected chi connectivity index (χ0v) is 11.0. The van der Waals surface area contributed by atoms with Gasteiger partial charge in [0.2, 0.25) is 0 Å². The van der Waals surface area contributed by atoms with Crippen LogP contribution in [0.15, 0.2) is 60.7 Å². The van der Waals surface area contributed by atoms with Gasteiger partial charge in [-0.3, -0.25) is 0 Å². The second-order valence-corrected chi connectivity index (χ2v) is 4.20. The molecule has 0 amide bonds. The Labute approximate surface area is 113 Å². The van der Waals surface area contributed by atoms with E-state index >= 15 is 0 Å². The summed E-state index contributed by atoms with van der Waals surface area (Å²) in [6.07, 6.45) is 5.85. The van der Waals surface area contributed by atoms with Crippen molar-refractivity contribution in [2.24, 2.45) is 0 Å². The molecule has 2 heteroatoms. The lowest BCUT2D eigenvalue weighted by Crippen LogP contribution is -1.88. The third kappa shape index (κ3) is 3.32. The van der Waals surface area contributed by atoms with Gasteiger partial charge in [0, 0.05) is 11.8 Å². The van der Waals surface area contributed by atoms with Crippen LogP contribution in [-0.4, -0.2) is 13.3 Å². The van der Waals surface area contributed by atoms with Crippen LogP contribution in [0.4, 0.5) is 0 Å². The molecule has 2 aromatic rings. The van der Waals surface area contributed by atoms with E-state index in [1.807, 2.05) is 24.3 Å². The molecule has 19 heavy (non-hydrogen) atoms. The molecule has 0 aliphatic heterocycles. The van der Waals surface area contributed by atoms with Crippen molar-refractivity contribution in [3.63, 3.8) is 0 Å². The highest BCUT2D eigenvalue weighted by Gasteiger charge is 2.04. The van der Waals surface area contributed by atoms with Crippen molar-refractivity contribution in [1.29, 1.82) is 5.41 Å². The van der Waals surface area contributed by atoms with Gasteiger partial charge in [0.15, 0.2) is 0 Å². The van der Waals surface area contributed by atoms with E-state index in [1.54, 1.807) is 13.2 Å². The van der Waals surface area contributed by atoms with Crippen LogP contribution in [0, 0.1) is 5.41 Å². The van der Waals surface area contributed by atoms with Crippen molar-refractivity contribution in [3.05, 3.63) is 66.2 Å². The molecule has 0 saturated carbocycles. The average Bonchev–Trinajstić information content (AvgIpc) is 2.48. The zero-order valence-electron chi connectivity index (χ0n) is 11.0. The largest absolute Gasteiger partial charge is 0.496 e. The van der Waals surface area contributed by atoms with Crippen molar-refractivity contribution in [2.75, 3.05) is 7.11 Å². The van der Waals surface area contributed by atoms with Gasteiger partial charge in [-0.2, -0.15) is 0 Å². The van der Waals surface area contributed by atoms with Gasteiger partial charge in [0.1, 0.15) is 5.75 Å². The summed E-state index contributed by atoms with van der Waals surface area (Å²) in [5.41, 5.74) is 3.47. The Morgan fingerprint density at radius 2 is 1.95 bits per heavy atom. The Hall–Kier alpha value is -2.35. The normalized spacial score (nSPS) is 10.6. The van der Waals surface area contributed by atoms with E-state index in [2.05, 4.69) is 30.3 Å². The number of rotatable bonds is 5. The molecule has 0 radical (unpaired) electrons. The van der Waals surface area contributed by atoms with Crippen LogP contribution >= 0.6 is 0 Å². The first-order valence-electron chi connectivity index (χ1n) is 6.23. The highest BCUT2D eigenvalue weighted by atomic mass is 16.5. The van der Waals surface area contributed by atoms with Gasteiger partial charge in [-0.05, 0) is 29.7 Å². The number of hydrogen-bond acceptors (Lipinski definition) is 2. The van der Waals surface area contributed by atoms with Crippen molar-refractivity contribution in [1.82, 2.24) is 0 Å². The number of benzene rings is 2. The predicted octanol–water partition coefficient (Wildman–Crippen LogP) is 4.11. The average molecular weight is 251 g/mol. The van der Waals surface area contributed by atoms with Gasteiger partial charge in [0.25, 0.3) is 0 Å². The predicted molar refractivity (Wildman–Crippen MR) is 80.1 cm³/mol. The van der Waals surface area contributed by atoms with Gasteiger partial charge in [0.05, 0.1) is 7.11 Å². The third-order valence-corrected chi connectivity index (χ3v) is 2.93. The van der Waals surface area contributed by atoms with E-state index in [0.717, 1.165) is 23.3 Å². The maximum absolute atomic E-state index is 6.97. The first kappa shape index (κ1) is 13.1. The van der Waals surface area contributed by atoms with E-state index in [4.69, 9.17) is 10.1 Å². The fourth-order valence-corrected chi connectivity index (χ4v) is 2.02. The number of allylic oxidation sites excluding steroid dienone is 2. The maximum atomic E-state index is 6.97. The first-order chi connectivity index (χ1) is 9.35. The minimum Gasteiger partial charge on any atom is -0.496 e. The van der Waals surface area contributed by atoms with E-state index in [0.29, 0.717) is 0 Å². The third-order valence-electron chi connectivity index (χ3n) is 2.93. The molecule has 1 N–H and O–H groups in total. The summed E-state index contributed by atoms with van der Waals surface area (Å²) < 4.78 is 5.39. The molecule has 0 atom stereocenters. The summed E-state index contributed by atoms with van der Waals surface area (Å²) in [6.45, 7) is 0. The highest BCUT2D eigenvalue weighted by molar-refractivity contribution is 5.71. The number of methoxy groups -OCH3 is 1. The van der Waals surface area contributed by atoms with Gasteiger partial charge in [-0.25, -0.2) is 0 Å². The van der Waals surface area contributed by atoms with Crippen LogP contribution in [0.25, 0.3) is 11.1 Å². The standard InChI is InChI=1S/C17H17NO/c1-19-17-11-3-2-10-16(17)15-9-6-8-14(13-15)7-4-5-12-18/h2-6,8-13,18H,7H2,1H3/b5-4-,18-12?. The molecule has 0 unspecified atom stereocenters. The smallest absolute Gasteiger partial charge is 0.126 e. The molecule has 2 aromatic carbocycles. The van der Waals surface area contributed by atoms with Gasteiger partial charge in [-0.1, -0.05) is 48.5 Å². The number of para-hydroxylation sites is 1. The monoisotopic (exact) mass is 251 g/mol. The van der Waals surface area contributed by atoms with E-state index < -0.39 is 0 Å². The summed E-state index contributed by atoms with van der Waals surface area (Å²) in [6, 6.07) is 16.4. The molecule has 0 aromatic heterocycles. The second-order valence-electron chi connectivity index (χ2n) is 4.20. The minimum absolute atomic E-state index is 0.832. The molecular weight excluding hydrogens is 234 g/mol. The van der Waals surface area contributed by atoms with Crippen LogP contribution in [0.5, 0.6) is 5.75 Å². The fourth-order valence-electron chi connectivity index (χ4n) is 2.02. The molecular formula is C17H17NO.